The molecule has 0 aliphatic heterocycles. The second-order valence-electron chi connectivity index (χ2n) is 5.04. The third-order valence-electron chi connectivity index (χ3n) is 3.37. The van der Waals surface area contributed by atoms with Gasteiger partial charge in [-0.05, 0) is 18.9 Å². The van der Waals surface area contributed by atoms with Crippen molar-refractivity contribution in [3.05, 3.63) is 18.0 Å². The van der Waals surface area contributed by atoms with Gasteiger partial charge in [0.25, 0.3) is 0 Å². The van der Waals surface area contributed by atoms with Crippen LogP contribution in [0.5, 0.6) is 11.5 Å². The number of halogens is 3. The van der Waals surface area contributed by atoms with E-state index in [9.17, 15) is 13.2 Å². The molecule has 0 unspecified atom stereocenters. The number of alkyl halides is 3. The van der Waals surface area contributed by atoms with E-state index in [0.717, 1.165) is 12.8 Å². The van der Waals surface area contributed by atoms with Gasteiger partial charge in [-0.15, -0.1) is 0 Å². The molecule has 1 saturated carbocycles. The summed E-state index contributed by atoms with van der Waals surface area (Å²) < 4.78 is 49.2. The fourth-order valence-corrected chi connectivity index (χ4v) is 2.11. The molecule has 1 aliphatic rings. The Balaban J connectivity index is 2.22. The van der Waals surface area contributed by atoms with Crippen LogP contribution < -0.4 is 14.8 Å². The standard InChI is InChI=1S/C14H14F3N3O2/c1-21-10-5-8-9(6-11(10)22-2)19-13(14(15,16)17)20-12(8)18-7-3-4-7/h5-7H,3-4H2,1-2H3,(H,18,19,20). The van der Waals surface area contributed by atoms with Gasteiger partial charge in [-0.2, -0.15) is 13.2 Å². The van der Waals surface area contributed by atoms with Crippen LogP contribution in [0.2, 0.25) is 0 Å². The molecule has 0 bridgehead atoms. The number of methoxy groups -OCH3 is 2. The summed E-state index contributed by atoms with van der Waals surface area (Å²) in [5, 5.41) is 3.48. The van der Waals surface area contributed by atoms with E-state index in [1.54, 1.807) is 6.07 Å². The molecular weight excluding hydrogens is 299 g/mol. The first-order valence-corrected chi connectivity index (χ1v) is 6.70. The predicted molar refractivity (Wildman–Crippen MR) is 74.3 cm³/mol. The van der Waals surface area contributed by atoms with Crippen molar-refractivity contribution in [1.29, 1.82) is 0 Å². The van der Waals surface area contributed by atoms with E-state index in [0.29, 0.717) is 16.9 Å². The van der Waals surface area contributed by atoms with Crippen molar-refractivity contribution in [2.24, 2.45) is 0 Å². The maximum atomic E-state index is 13.0. The number of fused-ring (bicyclic) bond motifs is 1. The number of rotatable bonds is 4. The molecule has 1 aliphatic carbocycles. The molecule has 1 aromatic heterocycles. The Hall–Kier alpha value is -2.25. The Labute approximate surface area is 124 Å². The van der Waals surface area contributed by atoms with Crippen molar-refractivity contribution >= 4 is 16.7 Å². The number of hydrogen-bond donors (Lipinski definition) is 1. The van der Waals surface area contributed by atoms with Crippen molar-refractivity contribution in [1.82, 2.24) is 9.97 Å². The first kappa shape index (κ1) is 14.7. The third-order valence-corrected chi connectivity index (χ3v) is 3.37. The van der Waals surface area contributed by atoms with Gasteiger partial charge in [0, 0.05) is 17.5 Å². The first-order valence-electron chi connectivity index (χ1n) is 6.70. The van der Waals surface area contributed by atoms with Gasteiger partial charge in [-0.1, -0.05) is 0 Å². The molecule has 1 heterocycles. The van der Waals surface area contributed by atoms with E-state index in [2.05, 4.69) is 15.3 Å². The SMILES string of the molecule is COc1cc2nc(C(F)(F)F)nc(NC3CC3)c2cc1OC. The van der Waals surface area contributed by atoms with Crippen LogP contribution in [0.15, 0.2) is 12.1 Å². The molecule has 1 N–H and O–H groups in total. The lowest BCUT2D eigenvalue weighted by molar-refractivity contribution is -0.144. The van der Waals surface area contributed by atoms with Crippen LogP contribution in [0.3, 0.4) is 0 Å². The number of benzene rings is 1. The Morgan fingerprint density at radius 2 is 1.73 bits per heavy atom. The van der Waals surface area contributed by atoms with E-state index in [-0.39, 0.29) is 17.4 Å². The van der Waals surface area contributed by atoms with Crippen molar-refractivity contribution in [3.63, 3.8) is 0 Å². The third kappa shape index (κ3) is 2.72. The molecule has 118 valence electrons. The van der Waals surface area contributed by atoms with Crippen molar-refractivity contribution < 1.29 is 22.6 Å². The van der Waals surface area contributed by atoms with Crippen LogP contribution in [0.1, 0.15) is 18.7 Å². The van der Waals surface area contributed by atoms with Gasteiger partial charge in [0.1, 0.15) is 5.82 Å². The van der Waals surface area contributed by atoms with E-state index >= 15 is 0 Å². The average Bonchev–Trinajstić information content (AvgIpc) is 3.28. The lowest BCUT2D eigenvalue weighted by Gasteiger charge is -2.14. The van der Waals surface area contributed by atoms with E-state index in [4.69, 9.17) is 9.47 Å². The van der Waals surface area contributed by atoms with Crippen LogP contribution in [-0.4, -0.2) is 30.2 Å². The summed E-state index contributed by atoms with van der Waals surface area (Å²) in [6.45, 7) is 0. The molecule has 22 heavy (non-hydrogen) atoms. The number of ether oxygens (including phenoxy) is 2. The number of anilines is 1. The highest BCUT2D eigenvalue weighted by Gasteiger charge is 2.36. The van der Waals surface area contributed by atoms with Gasteiger partial charge < -0.3 is 14.8 Å². The first-order chi connectivity index (χ1) is 10.4. The minimum atomic E-state index is -4.61. The second kappa shape index (κ2) is 5.19. The summed E-state index contributed by atoms with van der Waals surface area (Å²) in [6, 6.07) is 3.16. The van der Waals surface area contributed by atoms with Gasteiger partial charge >= 0.3 is 6.18 Å². The maximum Gasteiger partial charge on any atom is 0.451 e. The molecule has 2 aromatic rings. The number of nitrogens with zero attached hydrogens (tertiary/aromatic N) is 2. The molecule has 0 atom stereocenters. The van der Waals surface area contributed by atoms with Crippen LogP contribution >= 0.6 is 0 Å². The molecule has 0 spiro atoms. The minimum Gasteiger partial charge on any atom is -0.493 e. The lowest BCUT2D eigenvalue weighted by atomic mass is 10.2. The van der Waals surface area contributed by atoms with Crippen LogP contribution in [0.4, 0.5) is 19.0 Å². The van der Waals surface area contributed by atoms with Crippen molar-refractivity contribution in [3.8, 4) is 11.5 Å². The van der Waals surface area contributed by atoms with E-state index < -0.39 is 12.0 Å². The van der Waals surface area contributed by atoms with Gasteiger partial charge in [-0.3, -0.25) is 0 Å². The molecule has 8 heteroatoms. The topological polar surface area (TPSA) is 56.3 Å². The summed E-state index contributed by atoms with van der Waals surface area (Å²) in [7, 11) is 2.88. The summed E-state index contributed by atoms with van der Waals surface area (Å²) >= 11 is 0. The van der Waals surface area contributed by atoms with Crippen LogP contribution in [0.25, 0.3) is 10.9 Å². The molecule has 0 saturated heterocycles. The summed E-state index contributed by atoms with van der Waals surface area (Å²) in [5.41, 5.74) is 0.156. The predicted octanol–water partition coefficient (Wildman–Crippen LogP) is 3.24. The second-order valence-corrected chi connectivity index (χ2v) is 5.04. The largest absolute Gasteiger partial charge is 0.493 e. The number of aromatic nitrogens is 2. The minimum absolute atomic E-state index is 0.156. The number of nitrogens with one attached hydrogen (secondary N) is 1. The zero-order valence-electron chi connectivity index (χ0n) is 12.0. The average molecular weight is 313 g/mol. The summed E-state index contributed by atoms with van der Waals surface area (Å²) in [4.78, 5) is 7.25. The Morgan fingerprint density at radius 3 is 2.27 bits per heavy atom. The maximum absolute atomic E-state index is 13.0. The molecule has 1 fully saturated rings. The Kier molecular flexibility index (Phi) is 3.46. The van der Waals surface area contributed by atoms with Crippen molar-refractivity contribution in [2.45, 2.75) is 25.1 Å². The lowest BCUT2D eigenvalue weighted by Crippen LogP contribution is -2.14. The zero-order chi connectivity index (χ0) is 15.9. The molecule has 3 rings (SSSR count). The smallest absolute Gasteiger partial charge is 0.451 e. The van der Waals surface area contributed by atoms with Gasteiger partial charge in [0.15, 0.2) is 11.5 Å². The molecule has 1 aromatic carbocycles. The summed E-state index contributed by atoms with van der Waals surface area (Å²) in [5.74, 6) is -0.271. The van der Waals surface area contributed by atoms with E-state index in [1.807, 2.05) is 0 Å². The normalized spacial score (nSPS) is 15.0. The molecule has 5 nitrogen and oxygen atoms in total. The molecule has 0 radical (unpaired) electrons. The Morgan fingerprint density at radius 1 is 1.09 bits per heavy atom. The molecular formula is C14H14F3N3O2. The summed E-state index contributed by atoms with van der Waals surface area (Å²) in [6.07, 6.45) is -2.78. The highest BCUT2D eigenvalue weighted by molar-refractivity contribution is 5.92. The van der Waals surface area contributed by atoms with Crippen LogP contribution in [-0.2, 0) is 6.18 Å². The quantitative estimate of drug-likeness (QED) is 0.939. The van der Waals surface area contributed by atoms with Gasteiger partial charge in [-0.25, -0.2) is 9.97 Å². The molecule has 0 amide bonds. The van der Waals surface area contributed by atoms with Crippen LogP contribution in [0, 0.1) is 0 Å². The zero-order valence-corrected chi connectivity index (χ0v) is 12.0. The van der Waals surface area contributed by atoms with Crippen molar-refractivity contribution in [2.75, 3.05) is 19.5 Å². The van der Waals surface area contributed by atoms with E-state index in [1.165, 1.54) is 20.3 Å². The Bertz CT molecular complexity index is 715. The van der Waals surface area contributed by atoms with Gasteiger partial charge in [0.05, 0.1) is 19.7 Å². The highest BCUT2D eigenvalue weighted by atomic mass is 19.4. The fourth-order valence-electron chi connectivity index (χ4n) is 2.11. The van der Waals surface area contributed by atoms with Gasteiger partial charge in [0.2, 0.25) is 5.82 Å². The highest BCUT2D eigenvalue weighted by Crippen LogP contribution is 2.37. The monoisotopic (exact) mass is 313 g/mol. The fraction of sp³-hybridized carbons (Fsp3) is 0.429. The number of hydrogen-bond acceptors (Lipinski definition) is 5.